The summed E-state index contributed by atoms with van der Waals surface area (Å²) in [6, 6.07) is 15.5. The highest BCUT2D eigenvalue weighted by Gasteiger charge is 2.15. The highest BCUT2D eigenvalue weighted by molar-refractivity contribution is 5.96. The Morgan fingerprint density at radius 2 is 1.78 bits per heavy atom. The fourth-order valence-corrected chi connectivity index (χ4v) is 2.38. The number of carbonyl (C=O) groups excluding carboxylic acids is 2. The summed E-state index contributed by atoms with van der Waals surface area (Å²) in [7, 11) is 1.32. The average Bonchev–Trinajstić information content (AvgIpc) is 2.55. The molecule has 0 aliphatic rings. The zero-order chi connectivity index (χ0) is 16.8. The molecule has 2 aromatic carbocycles. The van der Waals surface area contributed by atoms with Crippen LogP contribution < -0.4 is 5.32 Å². The molecule has 0 unspecified atom stereocenters. The Bertz CT molecular complexity index is 736. The van der Waals surface area contributed by atoms with Gasteiger partial charge < -0.3 is 10.1 Å². The van der Waals surface area contributed by atoms with Crippen LogP contribution in [-0.4, -0.2) is 19.0 Å². The monoisotopic (exact) mass is 309 g/mol. The van der Waals surface area contributed by atoms with Gasteiger partial charge in [0.05, 0.1) is 12.8 Å². The molecule has 0 heterocycles. The summed E-state index contributed by atoms with van der Waals surface area (Å²) in [6.45, 7) is 5.22. The van der Waals surface area contributed by atoms with Crippen molar-refractivity contribution < 1.29 is 14.3 Å². The molecule has 4 nitrogen and oxygen atoms in total. The van der Waals surface area contributed by atoms with E-state index < -0.39 is 5.97 Å². The van der Waals surface area contributed by atoms with Crippen LogP contribution in [0.5, 0.6) is 0 Å². The molecule has 2 aromatic rings. The van der Waals surface area contributed by atoms with Crippen LogP contribution >= 0.6 is 0 Å². The van der Waals surface area contributed by atoms with E-state index in [1.54, 1.807) is 0 Å². The lowest BCUT2D eigenvalue weighted by Crippen LogP contribution is -2.12. The van der Waals surface area contributed by atoms with Crippen molar-refractivity contribution in [2.75, 3.05) is 12.4 Å². The van der Waals surface area contributed by atoms with Crippen molar-refractivity contribution in [3.63, 3.8) is 0 Å². The first-order valence-electron chi connectivity index (χ1n) is 7.24. The zero-order valence-electron chi connectivity index (χ0n) is 13.3. The van der Waals surface area contributed by atoms with E-state index in [0.29, 0.717) is 17.7 Å². The van der Waals surface area contributed by atoms with E-state index in [1.165, 1.54) is 14.0 Å². The SMILES string of the molecule is C=C(Cc1cccc(-c2ccccc2)c1NC(C)=O)C(=O)OC. The topological polar surface area (TPSA) is 55.4 Å². The van der Waals surface area contributed by atoms with Crippen molar-refractivity contribution in [1.82, 2.24) is 0 Å². The fourth-order valence-electron chi connectivity index (χ4n) is 2.38. The number of benzene rings is 2. The van der Waals surface area contributed by atoms with Crippen LogP contribution in [0.4, 0.5) is 5.69 Å². The summed E-state index contributed by atoms with van der Waals surface area (Å²) in [5.41, 5.74) is 3.73. The molecule has 2 rings (SSSR count). The molecular formula is C19H19NO3. The summed E-state index contributed by atoms with van der Waals surface area (Å²) in [6.07, 6.45) is 0.308. The maximum absolute atomic E-state index is 11.6. The summed E-state index contributed by atoms with van der Waals surface area (Å²) in [5, 5.41) is 2.87. The summed E-state index contributed by atoms with van der Waals surface area (Å²) in [4.78, 5) is 23.2. The third-order valence-electron chi connectivity index (χ3n) is 3.41. The van der Waals surface area contributed by atoms with E-state index in [-0.39, 0.29) is 5.91 Å². The minimum Gasteiger partial charge on any atom is -0.466 e. The van der Waals surface area contributed by atoms with Crippen LogP contribution in [-0.2, 0) is 20.7 Å². The Kier molecular flexibility index (Phi) is 5.31. The molecule has 0 aliphatic heterocycles. The van der Waals surface area contributed by atoms with Gasteiger partial charge in [0.15, 0.2) is 0 Å². The third kappa shape index (κ3) is 4.07. The van der Waals surface area contributed by atoms with Crippen LogP contribution in [0.1, 0.15) is 12.5 Å². The number of rotatable bonds is 5. The number of methoxy groups -OCH3 is 1. The van der Waals surface area contributed by atoms with E-state index in [2.05, 4.69) is 11.9 Å². The van der Waals surface area contributed by atoms with Gasteiger partial charge in [-0.15, -0.1) is 0 Å². The van der Waals surface area contributed by atoms with Gasteiger partial charge in [-0.2, -0.15) is 0 Å². The first-order chi connectivity index (χ1) is 11.0. The minimum atomic E-state index is -0.455. The van der Waals surface area contributed by atoms with Crippen LogP contribution in [0.2, 0.25) is 0 Å². The lowest BCUT2D eigenvalue weighted by atomic mass is 9.96. The number of esters is 1. The number of nitrogens with one attached hydrogen (secondary N) is 1. The largest absolute Gasteiger partial charge is 0.466 e. The van der Waals surface area contributed by atoms with Gasteiger partial charge in [0.2, 0.25) is 5.91 Å². The molecule has 0 radical (unpaired) electrons. The molecule has 0 spiro atoms. The highest BCUT2D eigenvalue weighted by atomic mass is 16.5. The van der Waals surface area contributed by atoms with Crippen molar-refractivity contribution in [2.45, 2.75) is 13.3 Å². The van der Waals surface area contributed by atoms with Gasteiger partial charge in [0.25, 0.3) is 0 Å². The predicted octanol–water partition coefficient (Wildman–Crippen LogP) is 3.58. The second-order valence-corrected chi connectivity index (χ2v) is 5.16. The molecule has 0 fully saturated rings. The molecule has 0 bridgehead atoms. The number of anilines is 1. The number of hydrogen-bond acceptors (Lipinski definition) is 3. The molecule has 0 aromatic heterocycles. The van der Waals surface area contributed by atoms with Gasteiger partial charge in [0.1, 0.15) is 0 Å². The Labute approximate surface area is 135 Å². The number of hydrogen-bond donors (Lipinski definition) is 1. The Balaban J connectivity index is 2.48. The van der Waals surface area contributed by atoms with Crippen molar-refractivity contribution in [3.8, 4) is 11.1 Å². The molecule has 1 amide bonds. The maximum atomic E-state index is 11.6. The van der Waals surface area contributed by atoms with E-state index in [1.807, 2.05) is 48.5 Å². The van der Waals surface area contributed by atoms with E-state index in [4.69, 9.17) is 4.74 Å². The second-order valence-electron chi connectivity index (χ2n) is 5.16. The van der Waals surface area contributed by atoms with E-state index in [0.717, 1.165) is 16.7 Å². The van der Waals surface area contributed by atoms with Crippen LogP contribution in [0.15, 0.2) is 60.7 Å². The van der Waals surface area contributed by atoms with E-state index in [9.17, 15) is 9.59 Å². The summed E-state index contributed by atoms with van der Waals surface area (Å²) in [5.74, 6) is -0.623. The molecule has 1 N–H and O–H groups in total. The quantitative estimate of drug-likeness (QED) is 0.678. The highest BCUT2D eigenvalue weighted by Crippen LogP contribution is 2.32. The molecule has 0 saturated carbocycles. The van der Waals surface area contributed by atoms with Crippen molar-refractivity contribution in [2.24, 2.45) is 0 Å². The lowest BCUT2D eigenvalue weighted by Gasteiger charge is -2.16. The van der Waals surface area contributed by atoms with Crippen molar-refractivity contribution in [1.29, 1.82) is 0 Å². The van der Waals surface area contributed by atoms with Crippen LogP contribution in [0.25, 0.3) is 11.1 Å². The maximum Gasteiger partial charge on any atom is 0.333 e. The van der Waals surface area contributed by atoms with Crippen molar-refractivity contribution in [3.05, 3.63) is 66.2 Å². The minimum absolute atomic E-state index is 0.168. The molecule has 0 aliphatic carbocycles. The molecule has 4 heteroatoms. The Morgan fingerprint density at radius 3 is 2.39 bits per heavy atom. The molecule has 0 atom stereocenters. The summed E-state index contributed by atoms with van der Waals surface area (Å²) < 4.78 is 4.69. The number of ether oxygens (including phenoxy) is 1. The molecule has 0 saturated heterocycles. The van der Waals surface area contributed by atoms with Crippen molar-refractivity contribution >= 4 is 17.6 Å². The first-order valence-corrected chi connectivity index (χ1v) is 7.24. The zero-order valence-corrected chi connectivity index (χ0v) is 13.3. The van der Waals surface area contributed by atoms with Gasteiger partial charge in [-0.1, -0.05) is 55.1 Å². The standard InChI is InChI=1S/C19H19NO3/c1-13(19(22)23-3)12-16-10-7-11-17(18(16)20-14(2)21)15-8-5-4-6-9-15/h4-11H,1,12H2,2-3H3,(H,20,21). The second kappa shape index (κ2) is 7.40. The predicted molar refractivity (Wildman–Crippen MR) is 91.0 cm³/mol. The van der Waals surface area contributed by atoms with Gasteiger partial charge in [-0.05, 0) is 11.1 Å². The molecule has 118 valence electrons. The van der Waals surface area contributed by atoms with E-state index >= 15 is 0 Å². The van der Waals surface area contributed by atoms with Gasteiger partial charge in [-0.25, -0.2) is 4.79 Å². The van der Waals surface area contributed by atoms with Gasteiger partial charge >= 0.3 is 5.97 Å². The first kappa shape index (κ1) is 16.5. The third-order valence-corrected chi connectivity index (χ3v) is 3.41. The normalized spacial score (nSPS) is 10.0. The van der Waals surface area contributed by atoms with Crippen LogP contribution in [0.3, 0.4) is 0 Å². The number of para-hydroxylation sites is 1. The number of amides is 1. The average molecular weight is 309 g/mol. The Hall–Kier alpha value is -2.88. The fraction of sp³-hybridized carbons (Fsp3) is 0.158. The Morgan fingerprint density at radius 1 is 1.09 bits per heavy atom. The molecular weight excluding hydrogens is 290 g/mol. The smallest absolute Gasteiger partial charge is 0.333 e. The number of carbonyl (C=O) groups is 2. The summed E-state index contributed by atoms with van der Waals surface area (Å²) >= 11 is 0. The van der Waals surface area contributed by atoms with Gasteiger partial charge in [0, 0.05) is 24.5 Å². The van der Waals surface area contributed by atoms with Crippen LogP contribution in [0, 0.1) is 0 Å². The lowest BCUT2D eigenvalue weighted by molar-refractivity contribution is -0.136. The van der Waals surface area contributed by atoms with Gasteiger partial charge in [-0.3, -0.25) is 4.79 Å². The molecule has 23 heavy (non-hydrogen) atoms.